The van der Waals surface area contributed by atoms with Crippen LogP contribution in [0.15, 0.2) is 60.2 Å². The number of aryl methyl sites for hydroxylation is 1. The highest BCUT2D eigenvalue weighted by Crippen LogP contribution is 2.22. The van der Waals surface area contributed by atoms with Crippen molar-refractivity contribution in [3.05, 3.63) is 71.3 Å². The summed E-state index contributed by atoms with van der Waals surface area (Å²) in [5, 5.41) is 2.20. The molecule has 114 valence electrons. The molecule has 23 heavy (non-hydrogen) atoms. The van der Waals surface area contributed by atoms with E-state index in [0.717, 1.165) is 10.5 Å². The standard InChI is InChI=1S/C18H14N2O3/c1-12-7-9-14(10-8-12)20-17(22)15(16(21)19-18(20)23)11-13-5-3-2-4-6-13/h2-11H,1H3,(H,19,21,23)/b15-11-. The van der Waals surface area contributed by atoms with Gasteiger partial charge in [0.2, 0.25) is 0 Å². The molecule has 1 fully saturated rings. The van der Waals surface area contributed by atoms with Crippen molar-refractivity contribution in [2.75, 3.05) is 4.90 Å². The van der Waals surface area contributed by atoms with E-state index in [1.807, 2.05) is 13.0 Å². The van der Waals surface area contributed by atoms with E-state index >= 15 is 0 Å². The maximum absolute atomic E-state index is 12.6. The quantitative estimate of drug-likeness (QED) is 0.685. The van der Waals surface area contributed by atoms with Crippen molar-refractivity contribution in [3.63, 3.8) is 0 Å². The molecule has 0 aromatic heterocycles. The van der Waals surface area contributed by atoms with Crippen LogP contribution < -0.4 is 10.2 Å². The van der Waals surface area contributed by atoms with Gasteiger partial charge in [-0.05, 0) is 30.7 Å². The van der Waals surface area contributed by atoms with Crippen molar-refractivity contribution in [2.45, 2.75) is 6.92 Å². The summed E-state index contributed by atoms with van der Waals surface area (Å²) in [5.74, 6) is -1.32. The number of carbonyl (C=O) groups excluding carboxylic acids is 3. The van der Waals surface area contributed by atoms with Gasteiger partial charge in [0, 0.05) is 0 Å². The first kappa shape index (κ1) is 14.7. The van der Waals surface area contributed by atoms with Crippen LogP contribution in [0.2, 0.25) is 0 Å². The van der Waals surface area contributed by atoms with E-state index in [-0.39, 0.29) is 5.57 Å². The minimum atomic E-state index is -0.742. The first-order valence-corrected chi connectivity index (χ1v) is 7.09. The van der Waals surface area contributed by atoms with Gasteiger partial charge in [0.25, 0.3) is 11.8 Å². The SMILES string of the molecule is Cc1ccc(N2C(=O)NC(=O)/C(=C/c3ccccc3)C2=O)cc1. The van der Waals surface area contributed by atoms with Crippen molar-refractivity contribution >= 4 is 29.6 Å². The van der Waals surface area contributed by atoms with Crippen molar-refractivity contribution in [3.8, 4) is 0 Å². The number of nitrogens with one attached hydrogen (secondary N) is 1. The van der Waals surface area contributed by atoms with E-state index in [2.05, 4.69) is 5.32 Å². The lowest BCUT2D eigenvalue weighted by Crippen LogP contribution is -2.54. The third kappa shape index (κ3) is 2.89. The first-order chi connectivity index (χ1) is 11.1. The fourth-order valence-electron chi connectivity index (χ4n) is 2.30. The van der Waals surface area contributed by atoms with E-state index in [4.69, 9.17) is 0 Å². The average Bonchev–Trinajstić information content (AvgIpc) is 2.54. The van der Waals surface area contributed by atoms with Crippen LogP contribution in [0.5, 0.6) is 0 Å². The Labute approximate surface area is 133 Å². The normalized spacial score (nSPS) is 16.7. The molecule has 0 atom stereocenters. The molecule has 0 aliphatic carbocycles. The number of carbonyl (C=O) groups is 3. The van der Waals surface area contributed by atoms with E-state index in [9.17, 15) is 14.4 Å². The van der Waals surface area contributed by atoms with Crippen LogP contribution in [0, 0.1) is 6.92 Å². The summed E-state index contributed by atoms with van der Waals surface area (Å²) in [4.78, 5) is 37.6. The van der Waals surface area contributed by atoms with Crippen LogP contribution in [0.25, 0.3) is 6.08 Å². The molecule has 1 heterocycles. The summed E-state index contributed by atoms with van der Waals surface area (Å²) in [6.45, 7) is 1.91. The Balaban J connectivity index is 2.01. The molecule has 3 rings (SSSR count). The molecule has 1 aliphatic rings. The zero-order chi connectivity index (χ0) is 16.4. The molecule has 1 saturated heterocycles. The van der Waals surface area contributed by atoms with Crippen molar-refractivity contribution < 1.29 is 14.4 Å². The number of hydrogen-bond donors (Lipinski definition) is 1. The molecule has 1 aliphatic heterocycles. The highest BCUT2D eigenvalue weighted by molar-refractivity contribution is 6.39. The van der Waals surface area contributed by atoms with Crippen molar-refractivity contribution in [1.29, 1.82) is 0 Å². The lowest BCUT2D eigenvalue weighted by Gasteiger charge is -2.26. The Hall–Kier alpha value is -3.21. The van der Waals surface area contributed by atoms with Gasteiger partial charge in [-0.2, -0.15) is 0 Å². The third-order valence-corrected chi connectivity index (χ3v) is 3.50. The Bertz CT molecular complexity index is 808. The number of urea groups is 1. The number of barbiturate groups is 1. The van der Waals surface area contributed by atoms with Crippen LogP contribution >= 0.6 is 0 Å². The minimum absolute atomic E-state index is 0.0728. The largest absolute Gasteiger partial charge is 0.335 e. The number of anilines is 1. The predicted octanol–water partition coefficient (Wildman–Crippen LogP) is 2.66. The first-order valence-electron chi connectivity index (χ1n) is 7.09. The number of rotatable bonds is 2. The molecule has 0 saturated carbocycles. The summed E-state index contributed by atoms with van der Waals surface area (Å²) >= 11 is 0. The maximum atomic E-state index is 12.6. The Morgan fingerprint density at radius 1 is 0.913 bits per heavy atom. The van der Waals surface area contributed by atoms with Gasteiger partial charge in [-0.15, -0.1) is 0 Å². The van der Waals surface area contributed by atoms with Crippen LogP contribution in [0.3, 0.4) is 0 Å². The van der Waals surface area contributed by atoms with Crippen molar-refractivity contribution in [2.24, 2.45) is 0 Å². The van der Waals surface area contributed by atoms with Gasteiger partial charge in [-0.3, -0.25) is 14.9 Å². The lowest BCUT2D eigenvalue weighted by atomic mass is 10.1. The molecule has 0 bridgehead atoms. The molecule has 5 heteroatoms. The molecule has 5 nitrogen and oxygen atoms in total. The van der Waals surface area contributed by atoms with Gasteiger partial charge < -0.3 is 0 Å². The smallest absolute Gasteiger partial charge is 0.273 e. The molecule has 1 N–H and O–H groups in total. The summed E-state index contributed by atoms with van der Waals surface area (Å²) in [6, 6.07) is 15.2. The molecule has 4 amide bonds. The van der Waals surface area contributed by atoms with Gasteiger partial charge in [0.1, 0.15) is 5.57 Å². The van der Waals surface area contributed by atoms with Gasteiger partial charge in [0.05, 0.1) is 5.69 Å². The average molecular weight is 306 g/mol. The van der Waals surface area contributed by atoms with Crippen molar-refractivity contribution in [1.82, 2.24) is 5.32 Å². The van der Waals surface area contributed by atoms with E-state index in [1.165, 1.54) is 6.08 Å². The highest BCUT2D eigenvalue weighted by atomic mass is 16.2. The Morgan fingerprint density at radius 2 is 1.57 bits per heavy atom. The van der Waals surface area contributed by atoms with Crippen LogP contribution in [-0.4, -0.2) is 17.8 Å². The number of imide groups is 2. The maximum Gasteiger partial charge on any atom is 0.335 e. The highest BCUT2D eigenvalue weighted by Gasteiger charge is 2.36. The summed E-state index contributed by atoms with van der Waals surface area (Å²) in [6.07, 6.45) is 1.48. The summed E-state index contributed by atoms with van der Waals surface area (Å²) < 4.78 is 0. The lowest BCUT2D eigenvalue weighted by molar-refractivity contribution is -0.122. The second kappa shape index (κ2) is 5.88. The summed E-state index contributed by atoms with van der Waals surface area (Å²) in [5.41, 5.74) is 2.07. The van der Waals surface area contributed by atoms with Crippen LogP contribution in [-0.2, 0) is 9.59 Å². The molecular weight excluding hydrogens is 292 g/mol. The van der Waals surface area contributed by atoms with Crippen LogP contribution in [0.4, 0.5) is 10.5 Å². The summed E-state index contributed by atoms with van der Waals surface area (Å²) in [7, 11) is 0. The van der Waals surface area contributed by atoms with E-state index in [0.29, 0.717) is 11.3 Å². The number of amides is 4. The topological polar surface area (TPSA) is 66.5 Å². The molecule has 0 radical (unpaired) electrons. The fraction of sp³-hybridized carbons (Fsp3) is 0.0556. The van der Waals surface area contributed by atoms with Gasteiger partial charge in [0.15, 0.2) is 0 Å². The Kier molecular flexibility index (Phi) is 3.76. The van der Waals surface area contributed by atoms with Gasteiger partial charge in [-0.1, -0.05) is 48.0 Å². The molecule has 0 unspecified atom stereocenters. The molecule has 0 spiro atoms. The van der Waals surface area contributed by atoms with Crippen LogP contribution in [0.1, 0.15) is 11.1 Å². The molecule has 2 aromatic rings. The van der Waals surface area contributed by atoms with Gasteiger partial charge >= 0.3 is 6.03 Å². The zero-order valence-electron chi connectivity index (χ0n) is 12.4. The second-order valence-electron chi connectivity index (χ2n) is 5.20. The monoisotopic (exact) mass is 306 g/mol. The number of nitrogens with zero attached hydrogens (tertiary/aromatic N) is 1. The number of benzene rings is 2. The zero-order valence-corrected chi connectivity index (χ0v) is 12.4. The Morgan fingerprint density at radius 3 is 2.22 bits per heavy atom. The third-order valence-electron chi connectivity index (χ3n) is 3.50. The van der Waals surface area contributed by atoms with E-state index < -0.39 is 17.8 Å². The predicted molar refractivity (Wildman–Crippen MR) is 86.6 cm³/mol. The molecular formula is C18H14N2O3. The fourth-order valence-corrected chi connectivity index (χ4v) is 2.30. The molecule has 2 aromatic carbocycles. The van der Waals surface area contributed by atoms with E-state index in [1.54, 1.807) is 48.5 Å². The van der Waals surface area contributed by atoms with Gasteiger partial charge in [-0.25, -0.2) is 9.69 Å². The number of hydrogen-bond acceptors (Lipinski definition) is 3. The minimum Gasteiger partial charge on any atom is -0.273 e. The second-order valence-corrected chi connectivity index (χ2v) is 5.20.